The molecule has 0 saturated heterocycles. The van der Waals surface area contributed by atoms with Crippen molar-refractivity contribution >= 4 is 16.9 Å². The van der Waals surface area contributed by atoms with Crippen LogP contribution in [-0.4, -0.2) is 32.4 Å². The molecule has 4 rings (SSSR count). The summed E-state index contributed by atoms with van der Waals surface area (Å²) in [6.45, 7) is 4.73. The molecular formula is C24H24O7. The summed E-state index contributed by atoms with van der Waals surface area (Å²) < 4.78 is 27.7. The monoisotopic (exact) mass is 424 g/mol. The summed E-state index contributed by atoms with van der Waals surface area (Å²) in [5.74, 6) is 1.29. The summed E-state index contributed by atoms with van der Waals surface area (Å²) in [7, 11) is 1.31. The minimum absolute atomic E-state index is 0.155. The molecule has 0 radical (unpaired) electrons. The molecule has 0 saturated carbocycles. The first-order valence-corrected chi connectivity index (χ1v) is 10.2. The first-order valence-electron chi connectivity index (χ1n) is 10.2. The van der Waals surface area contributed by atoms with Crippen LogP contribution in [0.2, 0.25) is 0 Å². The van der Waals surface area contributed by atoms with E-state index in [1.54, 1.807) is 25.1 Å². The van der Waals surface area contributed by atoms with E-state index in [9.17, 15) is 9.59 Å². The van der Waals surface area contributed by atoms with Gasteiger partial charge in [0.25, 0.3) is 0 Å². The quantitative estimate of drug-likeness (QED) is 0.570. The summed E-state index contributed by atoms with van der Waals surface area (Å²) in [6, 6.07) is 8.83. The highest BCUT2D eigenvalue weighted by molar-refractivity contribution is 5.84. The van der Waals surface area contributed by atoms with Gasteiger partial charge in [-0.2, -0.15) is 0 Å². The van der Waals surface area contributed by atoms with Crippen molar-refractivity contribution in [1.29, 1.82) is 0 Å². The van der Waals surface area contributed by atoms with Gasteiger partial charge in [0, 0.05) is 12.5 Å². The fraction of sp³-hybridized carbons (Fsp3) is 0.333. The fourth-order valence-electron chi connectivity index (χ4n) is 3.52. The molecule has 2 heterocycles. The van der Waals surface area contributed by atoms with E-state index in [1.807, 2.05) is 19.1 Å². The van der Waals surface area contributed by atoms with Crippen LogP contribution in [0.4, 0.5) is 0 Å². The summed E-state index contributed by atoms with van der Waals surface area (Å²) in [5.41, 5.74) is 2.15. The second kappa shape index (κ2) is 8.71. The number of esters is 1. The van der Waals surface area contributed by atoms with Crippen LogP contribution >= 0.6 is 0 Å². The Labute approximate surface area is 179 Å². The largest absolute Gasteiger partial charge is 0.490 e. The highest BCUT2D eigenvalue weighted by atomic mass is 16.6. The van der Waals surface area contributed by atoms with Gasteiger partial charge in [-0.1, -0.05) is 13.0 Å². The Morgan fingerprint density at radius 1 is 1.13 bits per heavy atom. The lowest BCUT2D eigenvalue weighted by Crippen LogP contribution is -2.25. The first-order chi connectivity index (χ1) is 15.0. The fourth-order valence-corrected chi connectivity index (χ4v) is 3.52. The third-order valence-electron chi connectivity index (χ3n) is 5.23. The molecule has 0 bridgehead atoms. The van der Waals surface area contributed by atoms with Gasteiger partial charge in [0.2, 0.25) is 5.43 Å². The van der Waals surface area contributed by atoms with Gasteiger partial charge in [0.15, 0.2) is 17.6 Å². The number of carbonyl (C=O) groups is 1. The Morgan fingerprint density at radius 2 is 1.90 bits per heavy atom. The Kier molecular flexibility index (Phi) is 5.84. The molecule has 2 aromatic carbocycles. The molecule has 3 aromatic rings. The predicted octanol–water partition coefficient (Wildman–Crippen LogP) is 4.12. The third kappa shape index (κ3) is 4.08. The number of hydrogen-bond donors (Lipinski definition) is 0. The highest BCUT2D eigenvalue weighted by Crippen LogP contribution is 2.34. The van der Waals surface area contributed by atoms with Crippen molar-refractivity contribution in [2.75, 3.05) is 20.3 Å². The lowest BCUT2D eigenvalue weighted by atomic mass is 10.0. The second-order valence-corrected chi connectivity index (χ2v) is 7.28. The zero-order valence-corrected chi connectivity index (χ0v) is 17.7. The molecule has 0 amide bonds. The van der Waals surface area contributed by atoms with Crippen molar-refractivity contribution in [1.82, 2.24) is 0 Å². The molecule has 0 unspecified atom stereocenters. The van der Waals surface area contributed by atoms with Gasteiger partial charge in [0.1, 0.15) is 17.6 Å². The molecule has 7 nitrogen and oxygen atoms in total. The Morgan fingerprint density at radius 3 is 2.65 bits per heavy atom. The van der Waals surface area contributed by atoms with Crippen LogP contribution in [0.15, 0.2) is 45.8 Å². The van der Waals surface area contributed by atoms with Crippen molar-refractivity contribution in [3.8, 4) is 28.4 Å². The molecule has 0 fully saturated rings. The van der Waals surface area contributed by atoms with Crippen LogP contribution in [0.25, 0.3) is 22.1 Å². The summed E-state index contributed by atoms with van der Waals surface area (Å²) in [4.78, 5) is 25.0. The molecule has 31 heavy (non-hydrogen) atoms. The highest BCUT2D eigenvalue weighted by Gasteiger charge is 2.19. The predicted molar refractivity (Wildman–Crippen MR) is 115 cm³/mol. The average molecular weight is 424 g/mol. The number of methoxy groups -OCH3 is 1. The molecule has 1 aliphatic rings. The van der Waals surface area contributed by atoms with Gasteiger partial charge < -0.3 is 23.4 Å². The van der Waals surface area contributed by atoms with Gasteiger partial charge in [0.05, 0.1) is 31.3 Å². The van der Waals surface area contributed by atoms with Gasteiger partial charge >= 0.3 is 5.97 Å². The third-order valence-corrected chi connectivity index (χ3v) is 5.23. The molecule has 1 aliphatic heterocycles. The Balaban J connectivity index is 1.76. The standard InChI is InChI=1S/C24H24O7/c1-4-15-10-17-21(12-20(15)31-14(2)24(26)27-3)30-13-18(23(17)25)16-6-7-19-22(11-16)29-9-5-8-28-19/h6-7,10-14H,4-5,8-9H2,1-3H3/t14-/m0/s1. The van der Waals surface area contributed by atoms with E-state index >= 15 is 0 Å². The zero-order valence-electron chi connectivity index (χ0n) is 17.7. The first kappa shape index (κ1) is 20.8. The Bertz CT molecular complexity index is 1180. The van der Waals surface area contributed by atoms with Gasteiger partial charge in [-0.05, 0) is 42.7 Å². The number of hydrogen-bond acceptors (Lipinski definition) is 7. The average Bonchev–Trinajstić information content (AvgIpc) is 3.03. The summed E-state index contributed by atoms with van der Waals surface area (Å²) in [6.07, 6.45) is 2.08. The number of benzene rings is 2. The maximum absolute atomic E-state index is 13.3. The number of fused-ring (bicyclic) bond motifs is 2. The SMILES string of the molecule is CCc1cc2c(=O)c(-c3ccc4c(c3)OCCCO4)coc2cc1O[C@@H](C)C(=O)OC. The molecule has 162 valence electrons. The Hall–Kier alpha value is -3.48. The van der Waals surface area contributed by atoms with Crippen molar-refractivity contribution < 1.29 is 28.2 Å². The zero-order chi connectivity index (χ0) is 22.0. The van der Waals surface area contributed by atoms with E-state index in [0.717, 1.165) is 12.0 Å². The van der Waals surface area contributed by atoms with E-state index in [0.29, 0.717) is 59.0 Å². The van der Waals surface area contributed by atoms with Crippen molar-refractivity contribution in [2.45, 2.75) is 32.8 Å². The lowest BCUT2D eigenvalue weighted by molar-refractivity contribution is -0.147. The molecule has 0 N–H and O–H groups in total. The van der Waals surface area contributed by atoms with Crippen LogP contribution in [0, 0.1) is 0 Å². The minimum atomic E-state index is -0.777. The van der Waals surface area contributed by atoms with E-state index in [4.69, 9.17) is 23.4 Å². The van der Waals surface area contributed by atoms with E-state index in [2.05, 4.69) is 0 Å². The van der Waals surface area contributed by atoms with Crippen LogP contribution < -0.4 is 19.6 Å². The molecule has 0 spiro atoms. The minimum Gasteiger partial charge on any atom is -0.490 e. The molecule has 7 heteroatoms. The maximum Gasteiger partial charge on any atom is 0.346 e. The second-order valence-electron chi connectivity index (χ2n) is 7.28. The van der Waals surface area contributed by atoms with E-state index < -0.39 is 12.1 Å². The summed E-state index contributed by atoms with van der Waals surface area (Å²) >= 11 is 0. The number of ether oxygens (including phenoxy) is 4. The topological polar surface area (TPSA) is 84.2 Å². The number of carbonyl (C=O) groups excluding carboxylic acids is 1. The maximum atomic E-state index is 13.3. The van der Waals surface area contributed by atoms with Gasteiger partial charge in [-0.3, -0.25) is 4.79 Å². The number of aryl methyl sites for hydroxylation is 1. The summed E-state index contributed by atoms with van der Waals surface area (Å²) in [5, 5.41) is 0.444. The van der Waals surface area contributed by atoms with E-state index in [1.165, 1.54) is 13.4 Å². The molecule has 0 aliphatic carbocycles. The van der Waals surface area contributed by atoms with Crippen LogP contribution in [0.5, 0.6) is 17.2 Å². The van der Waals surface area contributed by atoms with E-state index in [-0.39, 0.29) is 5.43 Å². The van der Waals surface area contributed by atoms with Crippen LogP contribution in [-0.2, 0) is 16.0 Å². The van der Waals surface area contributed by atoms with Gasteiger partial charge in [-0.25, -0.2) is 4.79 Å². The molecule has 1 aromatic heterocycles. The van der Waals surface area contributed by atoms with Crippen molar-refractivity contribution in [2.24, 2.45) is 0 Å². The van der Waals surface area contributed by atoms with Crippen LogP contribution in [0.3, 0.4) is 0 Å². The normalized spacial score (nSPS) is 14.0. The van der Waals surface area contributed by atoms with Crippen molar-refractivity contribution in [3.05, 3.63) is 52.4 Å². The molecule has 1 atom stereocenters. The smallest absolute Gasteiger partial charge is 0.346 e. The van der Waals surface area contributed by atoms with Gasteiger partial charge in [-0.15, -0.1) is 0 Å². The lowest BCUT2D eigenvalue weighted by Gasteiger charge is -2.16. The van der Waals surface area contributed by atoms with Crippen molar-refractivity contribution in [3.63, 3.8) is 0 Å². The molecular weight excluding hydrogens is 400 g/mol. The number of rotatable bonds is 5. The van der Waals surface area contributed by atoms with Crippen LogP contribution in [0.1, 0.15) is 25.8 Å².